The van der Waals surface area contributed by atoms with Gasteiger partial charge in [0.2, 0.25) is 0 Å². The van der Waals surface area contributed by atoms with Crippen LogP contribution in [0.3, 0.4) is 0 Å². The molecule has 0 atom stereocenters. The van der Waals surface area contributed by atoms with Gasteiger partial charge in [0.25, 0.3) is 0 Å². The van der Waals surface area contributed by atoms with Gasteiger partial charge < -0.3 is 4.42 Å². The minimum absolute atomic E-state index is 0.924. The van der Waals surface area contributed by atoms with Crippen molar-refractivity contribution in [3.8, 4) is 22.3 Å². The molecule has 1 aromatic heterocycles. The van der Waals surface area contributed by atoms with Crippen LogP contribution in [0.1, 0.15) is 0 Å². The molecule has 0 amide bonds. The van der Waals surface area contributed by atoms with E-state index in [4.69, 9.17) is 4.42 Å². The highest BCUT2D eigenvalue weighted by Crippen LogP contribution is 2.41. The van der Waals surface area contributed by atoms with Crippen molar-refractivity contribution in [1.82, 2.24) is 0 Å². The fraction of sp³-hybridized carbons (Fsp3) is 0. The van der Waals surface area contributed by atoms with Crippen molar-refractivity contribution in [1.29, 1.82) is 0 Å². The lowest BCUT2D eigenvalue weighted by Gasteiger charge is -2.12. The van der Waals surface area contributed by atoms with E-state index in [2.05, 4.69) is 133 Å². The van der Waals surface area contributed by atoms with Gasteiger partial charge in [-0.3, -0.25) is 0 Å². The fourth-order valence-electron chi connectivity index (χ4n) is 4.03. The van der Waals surface area contributed by atoms with Crippen molar-refractivity contribution in [2.75, 3.05) is 0 Å². The van der Waals surface area contributed by atoms with Crippen molar-refractivity contribution >= 4 is 76.4 Å². The second kappa shape index (κ2) is 10.5. The number of hydrogen-bond acceptors (Lipinski definition) is 1. The molecule has 0 aliphatic heterocycles. The highest BCUT2D eigenvalue weighted by Gasteiger charge is 2.15. The Morgan fingerprint density at radius 3 is 1.68 bits per heavy atom. The van der Waals surface area contributed by atoms with Crippen LogP contribution in [0.15, 0.2) is 129 Å². The number of furan rings is 1. The predicted molar refractivity (Wildman–Crippen MR) is 159 cm³/mol. The third-order valence-electron chi connectivity index (χ3n) is 5.61. The molecular weight excluding hydrogens is 663 g/mol. The number of halogens is 3. The third-order valence-corrected chi connectivity index (χ3v) is 8.67. The van der Waals surface area contributed by atoms with Gasteiger partial charge in [-0.2, -0.15) is 0 Å². The first-order valence-corrected chi connectivity index (χ1v) is 13.4. The Morgan fingerprint density at radius 1 is 0.471 bits per heavy atom. The molecule has 34 heavy (non-hydrogen) atoms. The Hall–Kier alpha value is -2.41. The molecule has 5 aromatic carbocycles. The maximum absolute atomic E-state index is 6.25. The maximum Gasteiger partial charge on any atom is 0.143 e. The summed E-state index contributed by atoms with van der Waals surface area (Å²) in [6.07, 6.45) is 0. The average Bonchev–Trinajstić information content (AvgIpc) is 3.26. The van der Waals surface area contributed by atoms with Gasteiger partial charge >= 0.3 is 0 Å². The van der Waals surface area contributed by atoms with E-state index >= 15 is 0 Å². The standard InChI is InChI=1S/C24H15BrO.C6H4BrI/c25-22-14-5-3-10-18(22)16-8-1-2-9-17(16)20-12-7-13-21-19-11-4-6-15-23(19)26-24(20)21;7-5-3-1-2-4-6(5)8/h1-15H;1-4H. The van der Waals surface area contributed by atoms with Gasteiger partial charge in [0.05, 0.1) is 0 Å². The number of hydrogen-bond donors (Lipinski definition) is 0. The van der Waals surface area contributed by atoms with E-state index in [0.717, 1.165) is 32.0 Å². The maximum atomic E-state index is 6.25. The van der Waals surface area contributed by atoms with Crippen LogP contribution in [0.5, 0.6) is 0 Å². The molecule has 6 rings (SSSR count). The minimum Gasteiger partial charge on any atom is -0.455 e. The second-order valence-electron chi connectivity index (χ2n) is 7.72. The first kappa shape index (κ1) is 23.3. The van der Waals surface area contributed by atoms with E-state index in [1.165, 1.54) is 24.7 Å². The van der Waals surface area contributed by atoms with Gasteiger partial charge in [-0.15, -0.1) is 0 Å². The van der Waals surface area contributed by atoms with Crippen LogP contribution >= 0.6 is 54.5 Å². The number of fused-ring (bicyclic) bond motifs is 3. The lowest BCUT2D eigenvalue weighted by molar-refractivity contribution is 0.670. The number of para-hydroxylation sites is 2. The molecule has 0 bridgehead atoms. The molecule has 0 fully saturated rings. The number of rotatable bonds is 2. The van der Waals surface area contributed by atoms with Gasteiger partial charge in [-0.1, -0.05) is 107 Å². The van der Waals surface area contributed by atoms with Crippen LogP contribution < -0.4 is 0 Å². The van der Waals surface area contributed by atoms with Gasteiger partial charge in [-0.25, -0.2) is 0 Å². The Balaban J connectivity index is 0.000000257. The van der Waals surface area contributed by atoms with E-state index in [-0.39, 0.29) is 0 Å². The van der Waals surface area contributed by atoms with E-state index in [9.17, 15) is 0 Å². The largest absolute Gasteiger partial charge is 0.455 e. The summed E-state index contributed by atoms with van der Waals surface area (Å²) in [5, 5.41) is 2.31. The van der Waals surface area contributed by atoms with E-state index < -0.39 is 0 Å². The predicted octanol–water partition coefficient (Wildman–Crippen LogP) is 10.7. The van der Waals surface area contributed by atoms with Crippen LogP contribution in [0, 0.1) is 3.57 Å². The van der Waals surface area contributed by atoms with Crippen molar-refractivity contribution in [3.63, 3.8) is 0 Å². The van der Waals surface area contributed by atoms with E-state index in [1.807, 2.05) is 36.4 Å². The lowest BCUT2D eigenvalue weighted by Crippen LogP contribution is -1.86. The Bertz CT molecular complexity index is 1580. The Kier molecular flexibility index (Phi) is 7.18. The highest BCUT2D eigenvalue weighted by atomic mass is 127. The Labute approximate surface area is 229 Å². The summed E-state index contributed by atoms with van der Waals surface area (Å²) in [5.41, 5.74) is 6.51. The third kappa shape index (κ3) is 4.72. The topological polar surface area (TPSA) is 13.1 Å². The summed E-state index contributed by atoms with van der Waals surface area (Å²) in [4.78, 5) is 0. The van der Waals surface area contributed by atoms with Gasteiger partial charge in [0.15, 0.2) is 0 Å². The molecule has 1 nitrogen and oxygen atoms in total. The zero-order valence-corrected chi connectivity index (χ0v) is 23.3. The second-order valence-corrected chi connectivity index (χ2v) is 10.6. The monoisotopic (exact) mass is 680 g/mol. The Morgan fingerprint density at radius 2 is 1.00 bits per heavy atom. The molecular formula is C30H19Br2IO. The minimum atomic E-state index is 0.924. The quantitative estimate of drug-likeness (QED) is 0.166. The van der Waals surface area contributed by atoms with Crippen LogP contribution in [-0.4, -0.2) is 0 Å². The van der Waals surface area contributed by atoms with Crippen molar-refractivity contribution in [2.24, 2.45) is 0 Å². The van der Waals surface area contributed by atoms with E-state index in [0.29, 0.717) is 0 Å². The van der Waals surface area contributed by atoms with Gasteiger partial charge in [0, 0.05) is 28.9 Å². The molecule has 1 heterocycles. The normalized spacial score (nSPS) is 10.8. The molecule has 0 unspecified atom stereocenters. The summed E-state index contributed by atoms with van der Waals surface area (Å²) in [7, 11) is 0. The SMILES string of the molecule is Brc1ccccc1-c1ccccc1-c1cccc2c1oc1ccccc12.Brc1ccccc1I. The van der Waals surface area contributed by atoms with Crippen molar-refractivity contribution in [2.45, 2.75) is 0 Å². The average molecular weight is 682 g/mol. The molecule has 0 radical (unpaired) electrons. The fourth-order valence-corrected chi connectivity index (χ4v) is 5.20. The van der Waals surface area contributed by atoms with Crippen LogP contribution in [0.2, 0.25) is 0 Å². The first-order valence-electron chi connectivity index (χ1n) is 10.8. The molecule has 0 saturated carbocycles. The first-order chi connectivity index (χ1) is 16.6. The molecule has 6 aromatic rings. The zero-order chi connectivity index (χ0) is 23.5. The molecule has 0 N–H and O–H groups in total. The summed E-state index contributed by atoms with van der Waals surface area (Å²) in [6.45, 7) is 0. The number of benzene rings is 5. The summed E-state index contributed by atoms with van der Waals surface area (Å²) >= 11 is 9.36. The molecule has 0 saturated heterocycles. The molecule has 0 aliphatic carbocycles. The van der Waals surface area contributed by atoms with Gasteiger partial charge in [-0.05, 0) is 79.5 Å². The van der Waals surface area contributed by atoms with Crippen molar-refractivity contribution < 1.29 is 4.42 Å². The summed E-state index contributed by atoms with van der Waals surface area (Å²) < 4.78 is 9.76. The smallest absolute Gasteiger partial charge is 0.143 e. The van der Waals surface area contributed by atoms with Gasteiger partial charge in [0.1, 0.15) is 11.2 Å². The summed E-state index contributed by atoms with van der Waals surface area (Å²) in [6, 6.07) is 39.5. The van der Waals surface area contributed by atoms with Crippen molar-refractivity contribution in [3.05, 3.63) is 128 Å². The lowest BCUT2D eigenvalue weighted by atomic mass is 9.93. The molecule has 0 spiro atoms. The van der Waals surface area contributed by atoms with Crippen LogP contribution in [0.4, 0.5) is 0 Å². The molecule has 166 valence electrons. The highest BCUT2D eigenvalue weighted by molar-refractivity contribution is 14.1. The summed E-state index contributed by atoms with van der Waals surface area (Å²) in [5.74, 6) is 0. The molecule has 0 aliphatic rings. The zero-order valence-electron chi connectivity index (χ0n) is 18.0. The van der Waals surface area contributed by atoms with E-state index in [1.54, 1.807) is 0 Å². The molecule has 4 heteroatoms. The van der Waals surface area contributed by atoms with Crippen LogP contribution in [0.25, 0.3) is 44.2 Å². The van der Waals surface area contributed by atoms with Crippen LogP contribution in [-0.2, 0) is 0 Å².